The van der Waals surface area contributed by atoms with E-state index in [0.29, 0.717) is 23.1 Å². The molecule has 4 aromatic rings. The Labute approximate surface area is 233 Å². The first kappa shape index (κ1) is 29.2. The number of fused-ring (bicyclic) bond motifs is 1. The predicted molar refractivity (Wildman–Crippen MR) is 144 cm³/mol. The molecule has 2 heterocycles. The van der Waals surface area contributed by atoms with Gasteiger partial charge in [-0.2, -0.15) is 5.10 Å². The molecule has 3 N–H and O–H groups in total. The van der Waals surface area contributed by atoms with E-state index in [9.17, 15) is 28.3 Å². The molecule has 2 amide bonds. The number of aryl methyl sites for hydroxylation is 2. The molecular formula is C29H28F3N5O4. The van der Waals surface area contributed by atoms with Crippen LogP contribution in [0.5, 0.6) is 0 Å². The number of halogens is 3. The summed E-state index contributed by atoms with van der Waals surface area (Å²) in [5.74, 6) is -5.85. The quantitative estimate of drug-likeness (QED) is 0.256. The van der Waals surface area contributed by atoms with Crippen LogP contribution >= 0.6 is 0 Å². The molecule has 214 valence electrons. The lowest BCUT2D eigenvalue weighted by Gasteiger charge is -2.24. The van der Waals surface area contributed by atoms with Gasteiger partial charge in [-0.15, -0.1) is 0 Å². The van der Waals surface area contributed by atoms with Crippen LogP contribution in [0.15, 0.2) is 48.9 Å². The fourth-order valence-electron chi connectivity index (χ4n) is 4.88. The van der Waals surface area contributed by atoms with E-state index < -0.39 is 59.3 Å². The standard InChI is InChI=1S/C29H28F3N5O4/c1-4-6-22(35-28(40)19-7-5-8-37-27(19)33-14-34-37)29(41)36-23(13-24(38)39)20-11-17(12-21(31)26(20)32)25-15(2)9-18(30)10-16(25)3/h5,7-12,14,22-23H,4,6,13H2,1-3H3,(H,35,40)(H,36,41)(H,38,39)/t22-,23-/m0/s1. The number of benzene rings is 2. The van der Waals surface area contributed by atoms with Crippen molar-refractivity contribution >= 4 is 23.4 Å². The summed E-state index contributed by atoms with van der Waals surface area (Å²) in [4.78, 5) is 42.2. The Morgan fingerprint density at radius 2 is 1.76 bits per heavy atom. The summed E-state index contributed by atoms with van der Waals surface area (Å²) >= 11 is 0. The van der Waals surface area contributed by atoms with Crippen molar-refractivity contribution in [3.05, 3.63) is 88.6 Å². The third kappa shape index (κ3) is 6.37. The second-order valence-corrected chi connectivity index (χ2v) is 9.70. The fraction of sp³-hybridized carbons (Fsp3) is 0.276. The zero-order valence-corrected chi connectivity index (χ0v) is 22.5. The first-order valence-electron chi connectivity index (χ1n) is 12.9. The van der Waals surface area contributed by atoms with Crippen LogP contribution in [0.1, 0.15) is 59.3 Å². The Bertz CT molecular complexity index is 1620. The SMILES string of the molecule is CCC[C@H](NC(=O)c1cccn2ncnc12)C(=O)N[C@@H](CC(=O)O)c1cc(-c2c(C)cc(F)cc2C)cc(F)c1F. The summed E-state index contributed by atoms with van der Waals surface area (Å²) in [7, 11) is 0. The number of nitrogens with one attached hydrogen (secondary N) is 2. The van der Waals surface area contributed by atoms with E-state index in [1.807, 2.05) is 0 Å². The highest BCUT2D eigenvalue weighted by Gasteiger charge is 2.29. The number of carboxylic acids is 1. The first-order valence-corrected chi connectivity index (χ1v) is 12.9. The maximum absolute atomic E-state index is 15.1. The maximum atomic E-state index is 15.1. The van der Waals surface area contributed by atoms with Crippen LogP contribution in [0.4, 0.5) is 13.2 Å². The number of nitrogens with zero attached hydrogens (tertiary/aromatic N) is 3. The highest BCUT2D eigenvalue weighted by atomic mass is 19.2. The molecular weight excluding hydrogens is 539 g/mol. The van der Waals surface area contributed by atoms with Crippen LogP contribution in [-0.4, -0.2) is 43.5 Å². The lowest BCUT2D eigenvalue weighted by atomic mass is 9.91. The minimum atomic E-state index is -1.48. The predicted octanol–water partition coefficient (Wildman–Crippen LogP) is 4.66. The molecule has 4 rings (SSSR count). The van der Waals surface area contributed by atoms with Crippen LogP contribution in [0.2, 0.25) is 0 Å². The van der Waals surface area contributed by atoms with Gasteiger partial charge in [0.2, 0.25) is 5.91 Å². The van der Waals surface area contributed by atoms with E-state index in [2.05, 4.69) is 20.7 Å². The summed E-state index contributed by atoms with van der Waals surface area (Å²) in [5, 5.41) is 18.6. The zero-order valence-electron chi connectivity index (χ0n) is 22.5. The molecule has 0 aliphatic heterocycles. The number of aliphatic carboxylic acids is 1. The summed E-state index contributed by atoms with van der Waals surface area (Å²) in [5.41, 5.74) is 1.60. The molecule has 0 aliphatic rings. The number of amides is 2. The Balaban J connectivity index is 1.67. The normalized spacial score (nSPS) is 12.6. The van der Waals surface area contributed by atoms with Gasteiger partial charge in [0.15, 0.2) is 17.3 Å². The molecule has 9 nitrogen and oxygen atoms in total. The van der Waals surface area contributed by atoms with E-state index in [1.165, 1.54) is 35.1 Å². The molecule has 41 heavy (non-hydrogen) atoms. The lowest BCUT2D eigenvalue weighted by Crippen LogP contribution is -2.48. The lowest BCUT2D eigenvalue weighted by molar-refractivity contribution is -0.137. The molecule has 0 aliphatic carbocycles. The maximum Gasteiger partial charge on any atom is 0.305 e. The van der Waals surface area contributed by atoms with Gasteiger partial charge in [0, 0.05) is 11.8 Å². The second-order valence-electron chi connectivity index (χ2n) is 9.70. The van der Waals surface area contributed by atoms with E-state index in [4.69, 9.17) is 0 Å². The minimum Gasteiger partial charge on any atom is -0.481 e. The molecule has 0 fully saturated rings. The molecule has 2 atom stereocenters. The number of carboxylic acid groups (broad SMARTS) is 1. The molecule has 12 heteroatoms. The fourth-order valence-corrected chi connectivity index (χ4v) is 4.88. The van der Waals surface area contributed by atoms with Gasteiger partial charge in [-0.05, 0) is 78.9 Å². The molecule has 0 saturated carbocycles. The largest absolute Gasteiger partial charge is 0.481 e. The topological polar surface area (TPSA) is 126 Å². The van der Waals surface area contributed by atoms with Crippen molar-refractivity contribution in [2.75, 3.05) is 0 Å². The van der Waals surface area contributed by atoms with Crippen LogP contribution in [0, 0.1) is 31.3 Å². The van der Waals surface area contributed by atoms with Gasteiger partial charge in [0.1, 0.15) is 18.2 Å². The smallest absolute Gasteiger partial charge is 0.305 e. The van der Waals surface area contributed by atoms with Gasteiger partial charge in [-0.25, -0.2) is 22.7 Å². The number of rotatable bonds is 10. The number of hydrogen-bond donors (Lipinski definition) is 3. The van der Waals surface area contributed by atoms with Crippen molar-refractivity contribution in [1.82, 2.24) is 25.2 Å². The summed E-state index contributed by atoms with van der Waals surface area (Å²) < 4.78 is 45.3. The third-order valence-electron chi connectivity index (χ3n) is 6.66. The summed E-state index contributed by atoms with van der Waals surface area (Å²) in [6.07, 6.45) is 2.76. The number of pyridine rings is 1. The van der Waals surface area contributed by atoms with Crippen molar-refractivity contribution < 1.29 is 32.7 Å². The highest BCUT2D eigenvalue weighted by Crippen LogP contribution is 2.33. The van der Waals surface area contributed by atoms with Crippen molar-refractivity contribution in [1.29, 1.82) is 0 Å². The molecule has 2 aromatic heterocycles. The Morgan fingerprint density at radius 3 is 2.41 bits per heavy atom. The van der Waals surface area contributed by atoms with Crippen LogP contribution in [0.25, 0.3) is 16.8 Å². The van der Waals surface area contributed by atoms with Crippen LogP contribution in [-0.2, 0) is 9.59 Å². The molecule has 0 spiro atoms. The van der Waals surface area contributed by atoms with Gasteiger partial charge < -0.3 is 15.7 Å². The second kappa shape index (κ2) is 12.2. The molecule has 0 saturated heterocycles. The summed E-state index contributed by atoms with van der Waals surface area (Å²) in [6.45, 7) is 5.01. The summed E-state index contributed by atoms with van der Waals surface area (Å²) in [6, 6.07) is 5.18. The number of carbonyl (C=O) groups is 3. The van der Waals surface area contributed by atoms with Crippen molar-refractivity contribution in [2.45, 2.75) is 52.1 Å². The average Bonchev–Trinajstić information content (AvgIpc) is 3.38. The van der Waals surface area contributed by atoms with Gasteiger partial charge in [0.25, 0.3) is 5.91 Å². The molecule has 0 unspecified atom stereocenters. The average molecular weight is 568 g/mol. The molecule has 0 bridgehead atoms. The van der Waals surface area contributed by atoms with Crippen LogP contribution in [0.3, 0.4) is 0 Å². The van der Waals surface area contributed by atoms with Gasteiger partial charge in [0.05, 0.1) is 18.0 Å². The number of aromatic nitrogens is 3. The van der Waals surface area contributed by atoms with Gasteiger partial charge >= 0.3 is 5.97 Å². The Kier molecular flexibility index (Phi) is 8.70. The molecule has 0 radical (unpaired) electrons. The number of hydrogen-bond acceptors (Lipinski definition) is 5. The Morgan fingerprint density at radius 1 is 1.05 bits per heavy atom. The van der Waals surface area contributed by atoms with Crippen molar-refractivity contribution in [3.8, 4) is 11.1 Å². The van der Waals surface area contributed by atoms with E-state index in [0.717, 1.165) is 6.07 Å². The van der Waals surface area contributed by atoms with Crippen molar-refractivity contribution in [2.24, 2.45) is 0 Å². The van der Waals surface area contributed by atoms with Gasteiger partial charge in [-0.3, -0.25) is 14.4 Å². The third-order valence-corrected chi connectivity index (χ3v) is 6.66. The van der Waals surface area contributed by atoms with E-state index in [1.54, 1.807) is 33.0 Å². The highest BCUT2D eigenvalue weighted by molar-refractivity contribution is 6.02. The zero-order chi connectivity index (χ0) is 29.8. The van der Waals surface area contributed by atoms with Crippen LogP contribution < -0.4 is 10.6 Å². The molecule has 2 aromatic carbocycles. The minimum absolute atomic E-state index is 0.159. The first-order chi connectivity index (χ1) is 19.5. The number of carbonyl (C=O) groups excluding carboxylic acids is 2. The van der Waals surface area contributed by atoms with Gasteiger partial charge in [-0.1, -0.05) is 13.3 Å². The van der Waals surface area contributed by atoms with Crippen molar-refractivity contribution in [3.63, 3.8) is 0 Å². The van der Waals surface area contributed by atoms with E-state index in [-0.39, 0.29) is 23.2 Å². The Hall–Kier alpha value is -4.74. The monoisotopic (exact) mass is 567 g/mol. The van der Waals surface area contributed by atoms with E-state index >= 15 is 4.39 Å².